The molecule has 1 amide bonds. The van der Waals surface area contributed by atoms with E-state index < -0.39 is 0 Å². The van der Waals surface area contributed by atoms with Crippen LogP contribution in [0.3, 0.4) is 0 Å². The van der Waals surface area contributed by atoms with Gasteiger partial charge in [-0.1, -0.05) is 6.07 Å². The SMILES string of the molecule is COCCOc1cccc(C(=O)NC2CCNC(C)C2)c1. The first-order valence-corrected chi connectivity index (χ1v) is 7.45. The van der Waals surface area contributed by atoms with Crippen molar-refractivity contribution in [1.82, 2.24) is 10.6 Å². The predicted octanol–water partition coefficient (Wildman–Crippen LogP) is 1.58. The molecule has 1 aliphatic rings. The van der Waals surface area contributed by atoms with E-state index in [4.69, 9.17) is 9.47 Å². The van der Waals surface area contributed by atoms with Crippen LogP contribution in [0, 0.1) is 0 Å². The van der Waals surface area contributed by atoms with E-state index in [1.54, 1.807) is 13.2 Å². The Kier molecular flexibility index (Phi) is 6.02. The third-order valence-corrected chi connectivity index (χ3v) is 3.61. The highest BCUT2D eigenvalue weighted by atomic mass is 16.5. The van der Waals surface area contributed by atoms with E-state index in [1.807, 2.05) is 18.2 Å². The second-order valence-corrected chi connectivity index (χ2v) is 5.42. The van der Waals surface area contributed by atoms with E-state index in [0.29, 0.717) is 30.6 Å². The first-order valence-electron chi connectivity index (χ1n) is 7.45. The Labute approximate surface area is 126 Å². The van der Waals surface area contributed by atoms with Crippen LogP contribution in [0.1, 0.15) is 30.1 Å². The van der Waals surface area contributed by atoms with E-state index in [2.05, 4.69) is 17.6 Å². The molecular formula is C16H24N2O3. The van der Waals surface area contributed by atoms with Gasteiger partial charge in [0, 0.05) is 24.8 Å². The molecule has 0 spiro atoms. The quantitative estimate of drug-likeness (QED) is 0.782. The average Bonchev–Trinajstić information content (AvgIpc) is 2.48. The van der Waals surface area contributed by atoms with Crippen LogP contribution in [0.2, 0.25) is 0 Å². The molecule has 0 aromatic heterocycles. The van der Waals surface area contributed by atoms with Gasteiger partial charge in [-0.25, -0.2) is 0 Å². The summed E-state index contributed by atoms with van der Waals surface area (Å²) in [7, 11) is 1.63. The average molecular weight is 292 g/mol. The molecule has 1 aromatic carbocycles. The van der Waals surface area contributed by atoms with E-state index in [0.717, 1.165) is 19.4 Å². The number of rotatable bonds is 6. The number of carbonyl (C=O) groups is 1. The normalized spacial score (nSPS) is 21.8. The number of hydrogen-bond donors (Lipinski definition) is 2. The van der Waals surface area contributed by atoms with Gasteiger partial charge < -0.3 is 20.1 Å². The summed E-state index contributed by atoms with van der Waals surface area (Å²) in [5.74, 6) is 0.657. The maximum atomic E-state index is 12.3. The summed E-state index contributed by atoms with van der Waals surface area (Å²) < 4.78 is 10.5. The molecule has 1 fully saturated rings. The summed E-state index contributed by atoms with van der Waals surface area (Å²) in [6.45, 7) is 4.10. The molecule has 2 unspecified atom stereocenters. The van der Waals surface area contributed by atoms with Crippen molar-refractivity contribution in [2.45, 2.75) is 31.8 Å². The van der Waals surface area contributed by atoms with Crippen molar-refractivity contribution in [1.29, 1.82) is 0 Å². The van der Waals surface area contributed by atoms with E-state index in [-0.39, 0.29) is 11.9 Å². The third-order valence-electron chi connectivity index (χ3n) is 3.61. The fourth-order valence-electron chi connectivity index (χ4n) is 2.50. The number of ether oxygens (including phenoxy) is 2. The molecule has 0 radical (unpaired) electrons. The lowest BCUT2D eigenvalue weighted by molar-refractivity contribution is 0.0925. The molecular weight excluding hydrogens is 268 g/mol. The van der Waals surface area contributed by atoms with Crippen molar-refractivity contribution >= 4 is 5.91 Å². The third kappa shape index (κ3) is 5.02. The number of methoxy groups -OCH3 is 1. The van der Waals surface area contributed by atoms with Gasteiger partial charge in [-0.05, 0) is 44.5 Å². The Hall–Kier alpha value is -1.59. The summed E-state index contributed by atoms with van der Waals surface area (Å²) in [6.07, 6.45) is 1.94. The van der Waals surface area contributed by atoms with E-state index >= 15 is 0 Å². The molecule has 5 heteroatoms. The number of nitrogens with one attached hydrogen (secondary N) is 2. The first-order chi connectivity index (χ1) is 10.2. The Morgan fingerprint density at radius 1 is 1.43 bits per heavy atom. The highest BCUT2D eigenvalue weighted by molar-refractivity contribution is 5.94. The fourth-order valence-corrected chi connectivity index (χ4v) is 2.50. The van der Waals surface area contributed by atoms with Gasteiger partial charge in [0.1, 0.15) is 12.4 Å². The van der Waals surface area contributed by atoms with Crippen LogP contribution in [0.25, 0.3) is 0 Å². The fraction of sp³-hybridized carbons (Fsp3) is 0.562. The van der Waals surface area contributed by atoms with Crippen LogP contribution in [0.15, 0.2) is 24.3 Å². The van der Waals surface area contributed by atoms with Crippen molar-refractivity contribution in [2.24, 2.45) is 0 Å². The smallest absolute Gasteiger partial charge is 0.251 e. The minimum atomic E-state index is -0.0358. The van der Waals surface area contributed by atoms with Crippen molar-refractivity contribution in [3.63, 3.8) is 0 Å². The summed E-state index contributed by atoms with van der Waals surface area (Å²) in [5, 5.41) is 6.48. The first kappa shape index (κ1) is 15.8. The lowest BCUT2D eigenvalue weighted by Crippen LogP contribution is -2.46. The molecule has 1 saturated heterocycles. The van der Waals surface area contributed by atoms with Gasteiger partial charge in [-0.3, -0.25) is 4.79 Å². The number of piperidine rings is 1. The number of carbonyl (C=O) groups excluding carboxylic acids is 1. The van der Waals surface area contributed by atoms with Crippen LogP contribution in [-0.2, 0) is 4.74 Å². The number of amides is 1. The molecule has 2 atom stereocenters. The lowest BCUT2D eigenvalue weighted by Gasteiger charge is -2.28. The molecule has 2 N–H and O–H groups in total. The summed E-state index contributed by atoms with van der Waals surface area (Å²) in [6, 6.07) is 7.96. The molecule has 0 aliphatic carbocycles. The van der Waals surface area contributed by atoms with Crippen LogP contribution in [0.5, 0.6) is 5.75 Å². The molecule has 5 nitrogen and oxygen atoms in total. The molecule has 1 heterocycles. The van der Waals surface area contributed by atoms with Crippen molar-refractivity contribution in [3.8, 4) is 5.75 Å². The van der Waals surface area contributed by atoms with Gasteiger partial charge in [0.05, 0.1) is 6.61 Å². The van der Waals surface area contributed by atoms with Crippen molar-refractivity contribution in [2.75, 3.05) is 26.9 Å². The second kappa shape index (κ2) is 8.00. The number of hydrogen-bond acceptors (Lipinski definition) is 4. The van der Waals surface area contributed by atoms with Crippen LogP contribution in [-0.4, -0.2) is 44.9 Å². The maximum Gasteiger partial charge on any atom is 0.251 e. The molecule has 1 aromatic rings. The monoisotopic (exact) mass is 292 g/mol. The molecule has 1 aliphatic heterocycles. The minimum absolute atomic E-state index is 0.0358. The van der Waals surface area contributed by atoms with Crippen LogP contribution < -0.4 is 15.4 Å². The van der Waals surface area contributed by atoms with Crippen LogP contribution >= 0.6 is 0 Å². The van der Waals surface area contributed by atoms with Gasteiger partial charge >= 0.3 is 0 Å². The van der Waals surface area contributed by atoms with Gasteiger partial charge in [0.15, 0.2) is 0 Å². The Bertz CT molecular complexity index is 465. The number of benzene rings is 1. The minimum Gasteiger partial charge on any atom is -0.491 e. The van der Waals surface area contributed by atoms with Gasteiger partial charge in [0.2, 0.25) is 0 Å². The maximum absolute atomic E-state index is 12.3. The van der Waals surface area contributed by atoms with E-state index in [1.165, 1.54) is 0 Å². The highest BCUT2D eigenvalue weighted by Crippen LogP contribution is 2.15. The Morgan fingerprint density at radius 2 is 2.29 bits per heavy atom. The molecule has 116 valence electrons. The second-order valence-electron chi connectivity index (χ2n) is 5.42. The molecule has 21 heavy (non-hydrogen) atoms. The summed E-state index contributed by atoms with van der Waals surface area (Å²) in [5.41, 5.74) is 0.635. The summed E-state index contributed by atoms with van der Waals surface area (Å²) in [4.78, 5) is 12.3. The summed E-state index contributed by atoms with van der Waals surface area (Å²) >= 11 is 0. The zero-order valence-electron chi connectivity index (χ0n) is 12.7. The predicted molar refractivity (Wildman–Crippen MR) is 81.8 cm³/mol. The van der Waals surface area contributed by atoms with Gasteiger partial charge in [0.25, 0.3) is 5.91 Å². The zero-order chi connectivity index (χ0) is 15.1. The topological polar surface area (TPSA) is 59.6 Å². The van der Waals surface area contributed by atoms with Gasteiger partial charge in [-0.15, -0.1) is 0 Å². The van der Waals surface area contributed by atoms with Crippen molar-refractivity contribution in [3.05, 3.63) is 29.8 Å². The molecule has 0 bridgehead atoms. The lowest BCUT2D eigenvalue weighted by atomic mass is 10.0. The van der Waals surface area contributed by atoms with Crippen LogP contribution in [0.4, 0.5) is 0 Å². The van der Waals surface area contributed by atoms with Crippen molar-refractivity contribution < 1.29 is 14.3 Å². The Morgan fingerprint density at radius 3 is 3.05 bits per heavy atom. The van der Waals surface area contributed by atoms with E-state index in [9.17, 15) is 4.79 Å². The molecule has 2 rings (SSSR count). The largest absolute Gasteiger partial charge is 0.491 e. The highest BCUT2D eigenvalue weighted by Gasteiger charge is 2.20. The standard InChI is InChI=1S/C16H24N2O3/c1-12-10-14(6-7-17-12)18-16(19)13-4-3-5-15(11-13)21-9-8-20-2/h3-5,11-12,14,17H,6-10H2,1-2H3,(H,18,19). The van der Waals surface area contributed by atoms with Gasteiger partial charge in [-0.2, -0.15) is 0 Å². The zero-order valence-corrected chi connectivity index (χ0v) is 12.7. The molecule has 0 saturated carbocycles. The Balaban J connectivity index is 1.90.